The van der Waals surface area contributed by atoms with Gasteiger partial charge in [-0.25, -0.2) is 4.39 Å². The molecule has 0 fully saturated rings. The van der Waals surface area contributed by atoms with Crippen LogP contribution < -0.4 is 0 Å². The highest BCUT2D eigenvalue weighted by Gasteiger charge is 2.10. The fraction of sp³-hybridized carbons (Fsp3) is 0.455. The van der Waals surface area contributed by atoms with Crippen molar-refractivity contribution >= 4 is 11.6 Å². The third-order valence-corrected chi connectivity index (χ3v) is 2.45. The molecule has 0 unspecified atom stereocenters. The Labute approximate surface area is 88.5 Å². The predicted molar refractivity (Wildman–Crippen MR) is 56.3 cm³/mol. The van der Waals surface area contributed by atoms with Crippen LogP contribution in [0.2, 0.25) is 5.02 Å². The van der Waals surface area contributed by atoms with E-state index in [1.54, 1.807) is 12.1 Å². The lowest BCUT2D eigenvalue weighted by molar-refractivity contribution is 0.297. The smallest absolute Gasteiger partial charge is 0.145 e. The van der Waals surface area contributed by atoms with Gasteiger partial charge in [-0.05, 0) is 29.5 Å². The second-order valence-electron chi connectivity index (χ2n) is 3.60. The zero-order chi connectivity index (χ0) is 10.7. The van der Waals surface area contributed by atoms with E-state index >= 15 is 0 Å². The van der Waals surface area contributed by atoms with E-state index in [1.165, 1.54) is 0 Å². The van der Waals surface area contributed by atoms with E-state index in [0.29, 0.717) is 17.9 Å². The Morgan fingerprint density at radius 1 is 1.43 bits per heavy atom. The van der Waals surface area contributed by atoms with Crippen LogP contribution in [-0.4, -0.2) is 11.7 Å². The van der Waals surface area contributed by atoms with Crippen LogP contribution >= 0.6 is 11.6 Å². The molecular formula is C11H14ClFO. The predicted octanol–water partition coefficient (Wildman–Crippen LogP) is 3.14. The first-order valence-corrected chi connectivity index (χ1v) is 5.02. The van der Waals surface area contributed by atoms with Crippen molar-refractivity contribution in [2.75, 3.05) is 6.61 Å². The molecule has 0 atom stereocenters. The van der Waals surface area contributed by atoms with Crippen molar-refractivity contribution in [3.05, 3.63) is 34.1 Å². The molecule has 0 aromatic heterocycles. The highest BCUT2D eigenvalue weighted by Crippen LogP contribution is 2.25. The number of hydrogen-bond acceptors (Lipinski definition) is 1. The molecule has 1 rings (SSSR count). The number of aliphatic hydroxyl groups excluding tert-OH is 1. The summed E-state index contributed by atoms with van der Waals surface area (Å²) in [5.74, 6) is -0.101. The van der Waals surface area contributed by atoms with Gasteiger partial charge in [0.2, 0.25) is 0 Å². The molecule has 3 heteroatoms. The SMILES string of the molecule is CC(C)c1cc(Cl)c(F)c(CCO)c1. The molecule has 0 spiro atoms. The van der Waals surface area contributed by atoms with Crippen molar-refractivity contribution in [3.63, 3.8) is 0 Å². The molecule has 0 aliphatic carbocycles. The van der Waals surface area contributed by atoms with Crippen LogP contribution in [0.1, 0.15) is 30.9 Å². The molecule has 0 saturated carbocycles. The molecule has 0 radical (unpaired) electrons. The standard InChI is InChI=1S/C11H14ClFO/c1-7(2)9-5-8(3-4-14)11(13)10(12)6-9/h5-7,14H,3-4H2,1-2H3. The number of hydrogen-bond donors (Lipinski definition) is 1. The van der Waals surface area contributed by atoms with E-state index in [9.17, 15) is 4.39 Å². The average molecular weight is 217 g/mol. The summed E-state index contributed by atoms with van der Waals surface area (Å²) in [6.45, 7) is 3.98. The summed E-state index contributed by atoms with van der Waals surface area (Å²) in [4.78, 5) is 0. The molecule has 0 bridgehead atoms. The van der Waals surface area contributed by atoms with Crippen LogP contribution in [0.15, 0.2) is 12.1 Å². The molecule has 14 heavy (non-hydrogen) atoms. The van der Waals surface area contributed by atoms with Gasteiger partial charge in [0.05, 0.1) is 5.02 Å². The first-order chi connectivity index (χ1) is 6.56. The Morgan fingerprint density at radius 3 is 2.57 bits per heavy atom. The van der Waals surface area contributed by atoms with Gasteiger partial charge in [0.25, 0.3) is 0 Å². The van der Waals surface area contributed by atoms with Gasteiger partial charge in [-0.15, -0.1) is 0 Å². The van der Waals surface area contributed by atoms with Gasteiger partial charge < -0.3 is 5.11 Å². The maximum Gasteiger partial charge on any atom is 0.145 e. The molecule has 0 saturated heterocycles. The maximum absolute atomic E-state index is 13.4. The second kappa shape index (κ2) is 4.76. The third-order valence-electron chi connectivity index (χ3n) is 2.17. The average Bonchev–Trinajstić information content (AvgIpc) is 2.12. The number of halogens is 2. The Morgan fingerprint density at radius 2 is 2.07 bits per heavy atom. The number of rotatable bonds is 3. The van der Waals surface area contributed by atoms with Gasteiger partial charge in [0.15, 0.2) is 0 Å². The van der Waals surface area contributed by atoms with Crippen LogP contribution in [0.4, 0.5) is 4.39 Å². The molecule has 1 N–H and O–H groups in total. The molecule has 1 aromatic carbocycles. The monoisotopic (exact) mass is 216 g/mol. The molecule has 0 aliphatic rings. The van der Waals surface area contributed by atoms with Gasteiger partial charge in [0, 0.05) is 6.61 Å². The topological polar surface area (TPSA) is 20.2 Å². The number of aliphatic hydroxyl groups is 1. The van der Waals surface area contributed by atoms with E-state index in [2.05, 4.69) is 0 Å². The van der Waals surface area contributed by atoms with Gasteiger partial charge in [-0.3, -0.25) is 0 Å². The van der Waals surface area contributed by atoms with E-state index in [-0.39, 0.29) is 11.6 Å². The van der Waals surface area contributed by atoms with E-state index < -0.39 is 5.82 Å². The van der Waals surface area contributed by atoms with Gasteiger partial charge in [-0.2, -0.15) is 0 Å². The second-order valence-corrected chi connectivity index (χ2v) is 4.01. The first-order valence-electron chi connectivity index (χ1n) is 4.65. The zero-order valence-electron chi connectivity index (χ0n) is 8.35. The molecular weight excluding hydrogens is 203 g/mol. The van der Waals surface area contributed by atoms with Crippen molar-refractivity contribution in [1.82, 2.24) is 0 Å². The van der Waals surface area contributed by atoms with Crippen LogP contribution in [0.5, 0.6) is 0 Å². The minimum absolute atomic E-state index is 0.0607. The van der Waals surface area contributed by atoms with E-state index in [4.69, 9.17) is 16.7 Å². The Kier molecular flexibility index (Phi) is 3.90. The fourth-order valence-electron chi connectivity index (χ4n) is 1.30. The van der Waals surface area contributed by atoms with Gasteiger partial charge >= 0.3 is 0 Å². The normalized spacial score (nSPS) is 11.0. The van der Waals surface area contributed by atoms with Crippen LogP contribution in [0.25, 0.3) is 0 Å². The molecule has 78 valence electrons. The van der Waals surface area contributed by atoms with Crippen LogP contribution in [0, 0.1) is 5.82 Å². The highest BCUT2D eigenvalue weighted by molar-refractivity contribution is 6.30. The van der Waals surface area contributed by atoms with Crippen molar-refractivity contribution < 1.29 is 9.50 Å². The molecule has 0 amide bonds. The van der Waals surface area contributed by atoms with E-state index in [1.807, 2.05) is 13.8 Å². The number of benzene rings is 1. The summed E-state index contributed by atoms with van der Waals surface area (Å²) < 4.78 is 13.4. The molecule has 1 nitrogen and oxygen atoms in total. The van der Waals surface area contributed by atoms with Gasteiger partial charge in [-0.1, -0.05) is 31.5 Å². The summed E-state index contributed by atoms with van der Waals surface area (Å²) in [5, 5.41) is 8.89. The summed E-state index contributed by atoms with van der Waals surface area (Å²) >= 11 is 5.74. The van der Waals surface area contributed by atoms with E-state index in [0.717, 1.165) is 5.56 Å². The minimum atomic E-state index is -0.412. The summed E-state index contributed by atoms with van der Waals surface area (Å²) in [5.41, 5.74) is 1.49. The summed E-state index contributed by atoms with van der Waals surface area (Å²) in [6, 6.07) is 3.41. The van der Waals surface area contributed by atoms with Crippen molar-refractivity contribution in [3.8, 4) is 0 Å². The molecule has 0 heterocycles. The summed E-state index contributed by atoms with van der Waals surface area (Å²) in [6.07, 6.45) is 0.312. The van der Waals surface area contributed by atoms with Crippen molar-refractivity contribution in [1.29, 1.82) is 0 Å². The lowest BCUT2D eigenvalue weighted by Crippen LogP contribution is -1.99. The quantitative estimate of drug-likeness (QED) is 0.823. The Bertz CT molecular complexity index is 323. The molecule has 0 aliphatic heterocycles. The minimum Gasteiger partial charge on any atom is -0.396 e. The first kappa shape index (κ1) is 11.5. The summed E-state index contributed by atoms with van der Waals surface area (Å²) in [7, 11) is 0. The molecule has 1 aromatic rings. The highest BCUT2D eigenvalue weighted by atomic mass is 35.5. The Balaban J connectivity index is 3.14. The van der Waals surface area contributed by atoms with Crippen LogP contribution in [0.3, 0.4) is 0 Å². The largest absolute Gasteiger partial charge is 0.396 e. The lowest BCUT2D eigenvalue weighted by atomic mass is 9.99. The fourth-order valence-corrected chi connectivity index (χ4v) is 1.55. The lowest BCUT2D eigenvalue weighted by Gasteiger charge is -2.10. The van der Waals surface area contributed by atoms with Crippen molar-refractivity contribution in [2.45, 2.75) is 26.2 Å². The Hall–Kier alpha value is -0.600. The third kappa shape index (κ3) is 2.46. The van der Waals surface area contributed by atoms with Gasteiger partial charge in [0.1, 0.15) is 5.82 Å². The van der Waals surface area contributed by atoms with Crippen LogP contribution in [-0.2, 0) is 6.42 Å². The zero-order valence-corrected chi connectivity index (χ0v) is 9.11. The van der Waals surface area contributed by atoms with Crippen molar-refractivity contribution in [2.24, 2.45) is 0 Å². The maximum atomic E-state index is 13.4.